The summed E-state index contributed by atoms with van der Waals surface area (Å²) < 4.78 is 6.67. The second-order valence-corrected chi connectivity index (χ2v) is 6.60. The van der Waals surface area contributed by atoms with Crippen molar-refractivity contribution in [2.45, 2.75) is 13.5 Å². The number of amides is 1. The van der Waals surface area contributed by atoms with Crippen molar-refractivity contribution >= 4 is 27.9 Å². The molecule has 1 aromatic carbocycles. The fraction of sp³-hybridized carbons (Fsp3) is 0.278. The third kappa shape index (κ3) is 4.27. The first-order chi connectivity index (χ1) is 12.6. The van der Waals surface area contributed by atoms with Gasteiger partial charge in [-0.15, -0.1) is 11.3 Å². The number of hydrogen-bond donors (Lipinski definition) is 1. The number of thiazole rings is 1. The minimum atomic E-state index is -0.131. The van der Waals surface area contributed by atoms with Gasteiger partial charge in [0.05, 0.1) is 19.3 Å². The predicted octanol–water partition coefficient (Wildman–Crippen LogP) is 2.23. The number of nitrogens with zero attached hydrogens (tertiary/aromatic N) is 3. The maximum Gasteiger partial charge on any atom is 0.258 e. The van der Waals surface area contributed by atoms with E-state index in [0.29, 0.717) is 35.2 Å². The van der Waals surface area contributed by atoms with E-state index >= 15 is 0 Å². The van der Waals surface area contributed by atoms with E-state index in [4.69, 9.17) is 4.74 Å². The number of aromatic nitrogens is 2. The highest BCUT2D eigenvalue weighted by molar-refractivity contribution is 7.15. The average molecular weight is 372 g/mol. The van der Waals surface area contributed by atoms with Crippen LogP contribution in [0.25, 0.3) is 4.96 Å². The van der Waals surface area contributed by atoms with E-state index in [1.807, 2.05) is 35.4 Å². The van der Waals surface area contributed by atoms with Crippen molar-refractivity contribution < 1.29 is 9.53 Å². The van der Waals surface area contributed by atoms with E-state index in [0.717, 1.165) is 0 Å². The number of hydrogen-bond acceptors (Lipinski definition) is 6. The number of carbonyl (C=O) groups is 1. The molecule has 0 radical (unpaired) electrons. The van der Waals surface area contributed by atoms with Crippen molar-refractivity contribution in [1.82, 2.24) is 14.3 Å². The summed E-state index contributed by atoms with van der Waals surface area (Å²) in [4.78, 5) is 31.5. The van der Waals surface area contributed by atoms with E-state index in [9.17, 15) is 9.59 Å². The lowest BCUT2D eigenvalue weighted by molar-refractivity contribution is -0.117. The number of fused-ring (bicyclic) bond motifs is 1. The summed E-state index contributed by atoms with van der Waals surface area (Å²) in [5.41, 5.74) is 1.23. The minimum Gasteiger partial charge on any atom is -0.497 e. The zero-order chi connectivity index (χ0) is 18.5. The molecule has 0 atom stereocenters. The normalized spacial score (nSPS) is 11.0. The van der Waals surface area contributed by atoms with Crippen molar-refractivity contribution in [3.63, 3.8) is 0 Å². The van der Waals surface area contributed by atoms with Crippen LogP contribution in [-0.2, 0) is 11.3 Å². The van der Waals surface area contributed by atoms with Crippen molar-refractivity contribution in [2.24, 2.45) is 0 Å². The van der Waals surface area contributed by atoms with Crippen LogP contribution in [0.2, 0.25) is 0 Å². The molecule has 0 aliphatic carbocycles. The Bertz CT molecular complexity index is 966. The Balaban J connectivity index is 1.66. The van der Waals surface area contributed by atoms with Crippen LogP contribution >= 0.6 is 11.3 Å². The molecule has 0 fully saturated rings. The Hall–Kier alpha value is -2.71. The standard InChI is InChI=1S/C18H20N4O3S/c1-3-21(11-14-10-17(24)22-7-8-26-18(22)20-14)12-16(23)19-13-5-4-6-15(9-13)25-2/h4-10H,3,11-12H2,1-2H3,(H,19,23). The fourth-order valence-corrected chi connectivity index (χ4v) is 3.32. The molecule has 3 rings (SSSR count). The lowest BCUT2D eigenvalue weighted by Crippen LogP contribution is -2.33. The lowest BCUT2D eigenvalue weighted by atomic mass is 10.3. The Labute approximate surface area is 154 Å². The number of anilines is 1. The lowest BCUT2D eigenvalue weighted by Gasteiger charge is -2.19. The van der Waals surface area contributed by atoms with Gasteiger partial charge in [-0.1, -0.05) is 13.0 Å². The molecule has 7 nitrogen and oxygen atoms in total. The molecule has 0 aliphatic heterocycles. The second kappa shape index (κ2) is 8.11. The molecular formula is C18H20N4O3S. The zero-order valence-electron chi connectivity index (χ0n) is 14.6. The van der Waals surface area contributed by atoms with Crippen molar-refractivity contribution in [3.8, 4) is 5.75 Å². The van der Waals surface area contributed by atoms with Gasteiger partial charge in [0.1, 0.15) is 5.75 Å². The molecule has 2 heterocycles. The van der Waals surface area contributed by atoms with Gasteiger partial charge in [-0.25, -0.2) is 4.98 Å². The Morgan fingerprint density at radius 3 is 3.00 bits per heavy atom. The number of rotatable bonds is 7. The number of nitrogens with one attached hydrogen (secondary N) is 1. The number of likely N-dealkylation sites (N-methyl/N-ethyl adjacent to an activating group) is 1. The van der Waals surface area contributed by atoms with Crippen LogP contribution in [-0.4, -0.2) is 40.4 Å². The molecule has 0 bridgehead atoms. The Kier molecular flexibility index (Phi) is 5.65. The second-order valence-electron chi connectivity index (χ2n) is 5.72. The molecule has 0 unspecified atom stereocenters. The first-order valence-corrected chi connectivity index (χ1v) is 9.09. The van der Waals surface area contributed by atoms with Crippen LogP contribution in [0.15, 0.2) is 46.7 Å². The molecule has 136 valence electrons. The van der Waals surface area contributed by atoms with Gasteiger partial charge in [0.2, 0.25) is 5.91 Å². The highest BCUT2D eigenvalue weighted by atomic mass is 32.1. The van der Waals surface area contributed by atoms with Gasteiger partial charge in [-0.05, 0) is 18.7 Å². The molecule has 1 N–H and O–H groups in total. The third-order valence-electron chi connectivity index (χ3n) is 3.91. The van der Waals surface area contributed by atoms with Crippen molar-refractivity contribution in [1.29, 1.82) is 0 Å². The topological polar surface area (TPSA) is 75.9 Å². The van der Waals surface area contributed by atoms with E-state index in [2.05, 4.69) is 10.3 Å². The smallest absolute Gasteiger partial charge is 0.258 e. The Morgan fingerprint density at radius 1 is 1.38 bits per heavy atom. The van der Waals surface area contributed by atoms with Crippen LogP contribution in [0.5, 0.6) is 5.75 Å². The van der Waals surface area contributed by atoms with Gasteiger partial charge in [0, 0.05) is 35.9 Å². The van der Waals surface area contributed by atoms with Gasteiger partial charge in [-0.3, -0.25) is 18.9 Å². The summed E-state index contributed by atoms with van der Waals surface area (Å²) in [5.74, 6) is 0.554. The van der Waals surface area contributed by atoms with E-state index in [1.54, 1.807) is 19.4 Å². The molecule has 0 spiro atoms. The van der Waals surface area contributed by atoms with Gasteiger partial charge >= 0.3 is 0 Å². The monoisotopic (exact) mass is 372 g/mol. The van der Waals surface area contributed by atoms with Crippen LogP contribution in [0.3, 0.4) is 0 Å². The number of benzene rings is 1. The SMILES string of the molecule is CCN(CC(=O)Nc1cccc(OC)c1)Cc1cc(=O)n2ccsc2n1. The molecule has 2 aromatic heterocycles. The molecule has 0 saturated heterocycles. The number of methoxy groups -OCH3 is 1. The molecular weight excluding hydrogens is 352 g/mol. The van der Waals surface area contributed by atoms with E-state index in [1.165, 1.54) is 21.8 Å². The highest BCUT2D eigenvalue weighted by Crippen LogP contribution is 2.16. The molecule has 8 heteroatoms. The summed E-state index contributed by atoms with van der Waals surface area (Å²) in [7, 11) is 1.58. The molecule has 0 saturated carbocycles. The fourth-order valence-electron chi connectivity index (χ4n) is 2.58. The van der Waals surface area contributed by atoms with Gasteiger partial charge in [0.15, 0.2) is 4.96 Å². The molecule has 26 heavy (non-hydrogen) atoms. The molecule has 0 aliphatic rings. The van der Waals surface area contributed by atoms with Crippen LogP contribution < -0.4 is 15.6 Å². The quantitative estimate of drug-likeness (QED) is 0.688. The molecule has 1 amide bonds. The first-order valence-electron chi connectivity index (χ1n) is 8.21. The maximum absolute atomic E-state index is 12.3. The largest absolute Gasteiger partial charge is 0.497 e. The maximum atomic E-state index is 12.3. The number of ether oxygens (including phenoxy) is 1. The zero-order valence-corrected chi connectivity index (χ0v) is 15.5. The predicted molar refractivity (Wildman–Crippen MR) is 102 cm³/mol. The highest BCUT2D eigenvalue weighted by Gasteiger charge is 2.12. The van der Waals surface area contributed by atoms with Crippen molar-refractivity contribution in [2.75, 3.05) is 25.5 Å². The van der Waals surface area contributed by atoms with Crippen LogP contribution in [0.1, 0.15) is 12.6 Å². The van der Waals surface area contributed by atoms with E-state index < -0.39 is 0 Å². The summed E-state index contributed by atoms with van der Waals surface area (Å²) in [6.45, 7) is 3.28. The first kappa shape index (κ1) is 18.1. The van der Waals surface area contributed by atoms with Gasteiger partial charge < -0.3 is 10.1 Å². The van der Waals surface area contributed by atoms with Gasteiger partial charge in [-0.2, -0.15) is 0 Å². The summed E-state index contributed by atoms with van der Waals surface area (Å²) in [6.07, 6.45) is 1.71. The van der Waals surface area contributed by atoms with Crippen LogP contribution in [0, 0.1) is 0 Å². The summed E-state index contributed by atoms with van der Waals surface area (Å²) in [5, 5.41) is 4.69. The molecule has 3 aromatic rings. The average Bonchev–Trinajstić information content (AvgIpc) is 3.10. The van der Waals surface area contributed by atoms with Gasteiger partial charge in [0.25, 0.3) is 5.56 Å². The van der Waals surface area contributed by atoms with Crippen molar-refractivity contribution in [3.05, 3.63) is 58.0 Å². The minimum absolute atomic E-state index is 0.108. The third-order valence-corrected chi connectivity index (χ3v) is 4.67. The summed E-state index contributed by atoms with van der Waals surface area (Å²) >= 11 is 1.41. The summed E-state index contributed by atoms with van der Waals surface area (Å²) in [6, 6.07) is 8.73. The number of carbonyl (C=O) groups excluding carboxylic acids is 1. The Morgan fingerprint density at radius 2 is 2.23 bits per heavy atom. The van der Waals surface area contributed by atoms with E-state index in [-0.39, 0.29) is 18.0 Å². The van der Waals surface area contributed by atoms with Crippen LogP contribution in [0.4, 0.5) is 5.69 Å².